The van der Waals surface area contributed by atoms with Crippen molar-refractivity contribution in [3.63, 3.8) is 0 Å². The van der Waals surface area contributed by atoms with Crippen LogP contribution in [0.3, 0.4) is 0 Å². The van der Waals surface area contributed by atoms with Crippen LogP contribution in [-0.4, -0.2) is 86.8 Å². The molecule has 0 aromatic carbocycles. The fourth-order valence-electron chi connectivity index (χ4n) is 1.36. The topological polar surface area (TPSA) is 161 Å². The molecule has 0 spiro atoms. The lowest BCUT2D eigenvalue weighted by molar-refractivity contribution is -0.175. The predicted molar refractivity (Wildman–Crippen MR) is 87.6 cm³/mol. The van der Waals surface area contributed by atoms with E-state index in [1.807, 2.05) is 0 Å². The number of carbonyl (C=O) groups excluding carboxylic acids is 5. The molecule has 0 saturated heterocycles. The quantitative estimate of drug-likeness (QED) is 0.214. The smallest absolute Gasteiger partial charge is 0.347 e. The van der Waals surface area contributed by atoms with Gasteiger partial charge in [0, 0.05) is 0 Å². The third-order valence-corrected chi connectivity index (χ3v) is 2.67. The van der Waals surface area contributed by atoms with Gasteiger partial charge in [-0.3, -0.25) is 0 Å². The molecule has 0 bridgehead atoms. The van der Waals surface area contributed by atoms with Gasteiger partial charge in [0.1, 0.15) is 19.3 Å². The second kappa shape index (κ2) is 14.3. The van der Waals surface area contributed by atoms with Crippen LogP contribution in [0.4, 0.5) is 0 Å². The Morgan fingerprint density at radius 1 is 0.750 bits per heavy atom. The first-order valence-electron chi connectivity index (χ1n) is 8.27. The highest BCUT2D eigenvalue weighted by molar-refractivity contribution is 5.83. The Hall–Kier alpha value is -2.73. The number of rotatable bonds is 13. The van der Waals surface area contributed by atoms with E-state index < -0.39 is 55.3 Å². The normalized spacial score (nSPS) is 12.3. The summed E-state index contributed by atoms with van der Waals surface area (Å²) in [6.45, 7) is 2.18. The molecule has 0 aliphatic heterocycles. The third kappa shape index (κ3) is 12.6. The van der Waals surface area contributed by atoms with Gasteiger partial charge in [-0.15, -0.1) is 0 Å². The van der Waals surface area contributed by atoms with E-state index in [4.69, 9.17) is 9.84 Å². The number of hydrogen-bond donors (Lipinski definition) is 1. The maximum atomic E-state index is 11.5. The summed E-state index contributed by atoms with van der Waals surface area (Å²) >= 11 is 0. The van der Waals surface area contributed by atoms with Crippen molar-refractivity contribution in [3.8, 4) is 0 Å². The summed E-state index contributed by atoms with van der Waals surface area (Å²) in [5.74, 6) is -4.52. The van der Waals surface area contributed by atoms with Gasteiger partial charge in [0.2, 0.25) is 0 Å². The predicted octanol–water partition coefficient (Wildman–Crippen LogP) is -1.49. The van der Waals surface area contributed by atoms with Crippen molar-refractivity contribution in [1.29, 1.82) is 0 Å². The summed E-state index contributed by atoms with van der Waals surface area (Å²) < 4.78 is 27.8. The Morgan fingerprint density at radius 2 is 1.32 bits per heavy atom. The molecule has 0 fully saturated rings. The largest absolute Gasteiger partial charge is 0.464 e. The fraction of sp³-hybridized carbons (Fsp3) is 0.688. The van der Waals surface area contributed by atoms with E-state index >= 15 is 0 Å². The highest BCUT2D eigenvalue weighted by atomic mass is 16.6. The molecular weight excluding hydrogens is 384 g/mol. The Labute approximate surface area is 160 Å². The lowest BCUT2D eigenvalue weighted by Crippen LogP contribution is -2.32. The van der Waals surface area contributed by atoms with Crippen LogP contribution < -0.4 is 0 Å². The molecule has 0 aliphatic rings. The van der Waals surface area contributed by atoms with Crippen LogP contribution >= 0.6 is 0 Å². The maximum Gasteiger partial charge on any atom is 0.347 e. The van der Waals surface area contributed by atoms with Gasteiger partial charge in [-0.25, -0.2) is 24.0 Å². The number of esters is 5. The van der Waals surface area contributed by atoms with E-state index in [0.29, 0.717) is 0 Å². The first-order chi connectivity index (χ1) is 13.2. The van der Waals surface area contributed by atoms with Gasteiger partial charge < -0.3 is 33.5 Å². The average Bonchev–Trinajstić information content (AvgIpc) is 2.63. The van der Waals surface area contributed by atoms with Crippen LogP contribution in [0.5, 0.6) is 0 Å². The third-order valence-electron chi connectivity index (χ3n) is 2.67. The molecule has 0 saturated carbocycles. The molecule has 12 nitrogen and oxygen atoms in total. The van der Waals surface area contributed by atoms with Gasteiger partial charge in [0.25, 0.3) is 0 Å². The summed E-state index contributed by atoms with van der Waals surface area (Å²) in [6, 6.07) is 0. The summed E-state index contributed by atoms with van der Waals surface area (Å²) in [7, 11) is 0. The summed E-state index contributed by atoms with van der Waals surface area (Å²) in [5.41, 5.74) is 0. The first-order valence-corrected chi connectivity index (χ1v) is 8.27. The minimum Gasteiger partial charge on any atom is -0.464 e. The molecular formula is C16H24O12. The monoisotopic (exact) mass is 408 g/mol. The lowest BCUT2D eigenvalue weighted by atomic mass is 10.4. The summed E-state index contributed by atoms with van der Waals surface area (Å²) in [5, 5.41) is 8.96. The Kier molecular flexibility index (Phi) is 12.9. The van der Waals surface area contributed by atoms with Crippen LogP contribution in [-0.2, 0) is 52.4 Å². The van der Waals surface area contributed by atoms with Crippen LogP contribution in [0.1, 0.15) is 20.8 Å². The second-order valence-electron chi connectivity index (χ2n) is 5.10. The van der Waals surface area contributed by atoms with E-state index in [1.54, 1.807) is 6.92 Å². The van der Waals surface area contributed by atoms with Crippen molar-refractivity contribution in [2.45, 2.75) is 33.0 Å². The molecule has 12 heteroatoms. The average molecular weight is 408 g/mol. The van der Waals surface area contributed by atoms with Crippen molar-refractivity contribution >= 4 is 29.8 Å². The molecule has 28 heavy (non-hydrogen) atoms. The maximum absolute atomic E-state index is 11.5. The zero-order valence-electron chi connectivity index (χ0n) is 15.8. The summed E-state index contributed by atoms with van der Waals surface area (Å²) in [4.78, 5) is 56.3. The van der Waals surface area contributed by atoms with Crippen molar-refractivity contribution in [3.05, 3.63) is 0 Å². The van der Waals surface area contributed by atoms with Crippen LogP contribution in [0.15, 0.2) is 0 Å². The molecule has 0 rings (SSSR count). The zero-order chi connectivity index (χ0) is 21.5. The minimum absolute atomic E-state index is 0.0564. The molecule has 0 aromatic rings. The molecule has 0 aliphatic carbocycles. The fourth-order valence-corrected chi connectivity index (χ4v) is 1.36. The molecule has 2 unspecified atom stereocenters. The van der Waals surface area contributed by atoms with Crippen LogP contribution in [0.2, 0.25) is 0 Å². The number of ether oxygens (including phenoxy) is 6. The molecule has 2 atom stereocenters. The molecule has 0 heterocycles. The van der Waals surface area contributed by atoms with Gasteiger partial charge in [-0.2, -0.15) is 0 Å². The van der Waals surface area contributed by atoms with Crippen LogP contribution in [0, 0.1) is 0 Å². The van der Waals surface area contributed by atoms with Crippen molar-refractivity contribution < 1.29 is 57.5 Å². The van der Waals surface area contributed by atoms with Crippen LogP contribution in [0.25, 0.3) is 0 Å². The lowest BCUT2D eigenvalue weighted by Gasteiger charge is -2.13. The van der Waals surface area contributed by atoms with E-state index in [9.17, 15) is 24.0 Å². The highest BCUT2D eigenvalue weighted by Crippen LogP contribution is 1.99. The van der Waals surface area contributed by atoms with Crippen molar-refractivity contribution in [1.82, 2.24) is 0 Å². The van der Waals surface area contributed by atoms with Gasteiger partial charge in [-0.05, 0) is 20.8 Å². The highest BCUT2D eigenvalue weighted by Gasteiger charge is 2.23. The van der Waals surface area contributed by atoms with Gasteiger partial charge in [0.15, 0.2) is 19.3 Å². The Morgan fingerprint density at radius 3 is 1.93 bits per heavy atom. The van der Waals surface area contributed by atoms with Gasteiger partial charge in [0.05, 0.1) is 13.2 Å². The molecule has 0 amide bonds. The van der Waals surface area contributed by atoms with Gasteiger partial charge >= 0.3 is 29.8 Å². The number of carbonyl (C=O) groups is 5. The second-order valence-corrected chi connectivity index (χ2v) is 5.10. The van der Waals surface area contributed by atoms with E-state index in [0.717, 1.165) is 6.92 Å². The number of hydrogen-bond acceptors (Lipinski definition) is 12. The first kappa shape index (κ1) is 25.3. The number of aliphatic hydroxyl groups is 1. The molecule has 0 aromatic heterocycles. The SMILES string of the molecule is CCOC(=O)COCCOC(=O)COC(=O)COC(=O)C(C)OC(=O)C(C)O. The van der Waals surface area contributed by atoms with Gasteiger partial charge in [-0.1, -0.05) is 0 Å². The molecule has 160 valence electrons. The molecule has 0 radical (unpaired) electrons. The number of aliphatic hydroxyl groups excluding tert-OH is 1. The van der Waals surface area contributed by atoms with Crippen molar-refractivity contribution in [2.75, 3.05) is 39.6 Å². The zero-order valence-corrected chi connectivity index (χ0v) is 15.8. The van der Waals surface area contributed by atoms with E-state index in [2.05, 4.69) is 23.7 Å². The van der Waals surface area contributed by atoms with E-state index in [1.165, 1.54) is 6.92 Å². The molecule has 1 N–H and O–H groups in total. The Bertz CT molecular complexity index is 542. The van der Waals surface area contributed by atoms with E-state index in [-0.39, 0.29) is 26.4 Å². The standard InChI is InChI=1S/C16H24O12/c1-4-24-12(18)7-23-5-6-25-13(19)8-26-14(20)9-27-16(22)11(3)28-15(21)10(2)17/h10-11,17H,4-9H2,1-3H3. The van der Waals surface area contributed by atoms with Crippen molar-refractivity contribution in [2.24, 2.45) is 0 Å². The summed E-state index contributed by atoms with van der Waals surface area (Å²) in [6.07, 6.45) is -2.75. The minimum atomic E-state index is -1.42. The Balaban J connectivity index is 3.85.